The molecule has 0 aliphatic heterocycles. The monoisotopic (exact) mass is 301 g/mol. The first kappa shape index (κ1) is 15.1. The molecule has 0 fully saturated rings. The molecule has 0 amide bonds. The second kappa shape index (κ2) is 4.62. The summed E-state index contributed by atoms with van der Waals surface area (Å²) in [6, 6.07) is 0. The van der Waals surface area contributed by atoms with E-state index in [1.807, 2.05) is 0 Å². The molecule has 0 bridgehead atoms. The van der Waals surface area contributed by atoms with Crippen LogP contribution in [-0.4, -0.2) is 24.7 Å². The molecule has 0 saturated heterocycles. The highest BCUT2D eigenvalue weighted by Crippen LogP contribution is 2.37. The molecule has 0 aliphatic carbocycles. The van der Waals surface area contributed by atoms with E-state index in [0.717, 1.165) is 6.92 Å². The van der Waals surface area contributed by atoms with Crippen molar-refractivity contribution in [2.45, 2.75) is 18.3 Å². The van der Waals surface area contributed by atoms with Crippen LogP contribution in [0.25, 0.3) is 0 Å². The number of ether oxygens (including phenoxy) is 1. The number of nitrogens with two attached hydrogens (primary N) is 1. The molecule has 0 saturated carbocycles. The predicted molar refractivity (Wildman–Crippen MR) is 53.7 cm³/mol. The number of alkyl halides is 3. The Morgan fingerprint density at radius 3 is 2.37 bits per heavy atom. The average molecular weight is 301 g/mol. The number of nitro groups is 1. The summed E-state index contributed by atoms with van der Waals surface area (Å²) in [7, 11) is -4.67. The van der Waals surface area contributed by atoms with Gasteiger partial charge in [0.25, 0.3) is 15.0 Å². The van der Waals surface area contributed by atoms with Crippen LogP contribution in [0.5, 0.6) is 5.75 Å². The summed E-state index contributed by atoms with van der Waals surface area (Å²) < 4.78 is 62.0. The second-order valence-corrected chi connectivity index (χ2v) is 4.75. The molecular formula is C7H6F3N3O5S. The Hall–Kier alpha value is -1.95. The molecular weight excluding hydrogens is 295 g/mol. The third kappa shape index (κ3) is 3.51. The minimum atomic E-state index is -5.23. The van der Waals surface area contributed by atoms with Crippen LogP contribution in [0, 0.1) is 17.0 Å². The van der Waals surface area contributed by atoms with Gasteiger partial charge in [-0.15, -0.1) is 13.2 Å². The Kier molecular flexibility index (Phi) is 3.67. The van der Waals surface area contributed by atoms with Crippen molar-refractivity contribution in [3.8, 4) is 5.75 Å². The number of rotatable bonds is 3. The van der Waals surface area contributed by atoms with Crippen LogP contribution in [0.15, 0.2) is 11.2 Å². The van der Waals surface area contributed by atoms with Crippen molar-refractivity contribution in [1.29, 1.82) is 0 Å². The Morgan fingerprint density at radius 1 is 1.47 bits per heavy atom. The average Bonchev–Trinajstić information content (AvgIpc) is 2.16. The van der Waals surface area contributed by atoms with Gasteiger partial charge in [0.2, 0.25) is 5.75 Å². The van der Waals surface area contributed by atoms with Gasteiger partial charge >= 0.3 is 12.0 Å². The van der Waals surface area contributed by atoms with E-state index < -0.39 is 37.8 Å². The van der Waals surface area contributed by atoms with Crippen LogP contribution in [0.1, 0.15) is 5.56 Å². The highest BCUT2D eigenvalue weighted by molar-refractivity contribution is 7.89. The van der Waals surface area contributed by atoms with Crippen molar-refractivity contribution in [2.24, 2.45) is 5.14 Å². The molecule has 2 N–H and O–H groups in total. The molecule has 8 nitrogen and oxygen atoms in total. The number of nitrogens with zero attached hydrogens (tertiary/aromatic N) is 2. The van der Waals surface area contributed by atoms with E-state index in [-0.39, 0.29) is 5.56 Å². The molecule has 12 heteroatoms. The normalized spacial score (nSPS) is 12.3. The van der Waals surface area contributed by atoms with Crippen molar-refractivity contribution >= 4 is 15.7 Å². The fraction of sp³-hybridized carbons (Fsp3) is 0.286. The SMILES string of the molecule is Cc1cnc(S(N)(=O)=O)c([N+](=O)[O-])c1OC(F)(F)F. The van der Waals surface area contributed by atoms with Crippen molar-refractivity contribution in [2.75, 3.05) is 0 Å². The van der Waals surface area contributed by atoms with E-state index in [0.29, 0.717) is 6.20 Å². The van der Waals surface area contributed by atoms with Crippen molar-refractivity contribution < 1.29 is 31.2 Å². The number of primary sulfonamides is 1. The number of sulfonamides is 1. The lowest BCUT2D eigenvalue weighted by Crippen LogP contribution is -2.21. The molecule has 0 unspecified atom stereocenters. The zero-order valence-corrected chi connectivity index (χ0v) is 9.95. The summed E-state index contributed by atoms with van der Waals surface area (Å²) in [6.07, 6.45) is -4.56. The third-order valence-electron chi connectivity index (χ3n) is 1.82. The first-order valence-electron chi connectivity index (χ1n) is 4.36. The molecule has 1 aromatic rings. The van der Waals surface area contributed by atoms with Gasteiger partial charge in [0.15, 0.2) is 0 Å². The van der Waals surface area contributed by atoms with Gasteiger partial charge in [0.1, 0.15) is 0 Å². The Balaban J connectivity index is 3.66. The van der Waals surface area contributed by atoms with Crippen molar-refractivity contribution in [3.05, 3.63) is 21.9 Å². The maximum Gasteiger partial charge on any atom is 0.573 e. The van der Waals surface area contributed by atoms with Gasteiger partial charge in [-0.25, -0.2) is 18.5 Å². The topological polar surface area (TPSA) is 125 Å². The summed E-state index contributed by atoms with van der Waals surface area (Å²) in [5.74, 6) is -1.27. The lowest BCUT2D eigenvalue weighted by molar-refractivity contribution is -0.392. The predicted octanol–water partition coefficient (Wildman–Crippen LogP) is 0.844. The number of aromatic nitrogens is 1. The summed E-state index contributed by atoms with van der Waals surface area (Å²) in [4.78, 5) is 12.5. The molecule has 0 aromatic carbocycles. The fourth-order valence-electron chi connectivity index (χ4n) is 1.17. The quantitative estimate of drug-likeness (QED) is 0.651. The van der Waals surface area contributed by atoms with Crippen molar-refractivity contribution in [3.63, 3.8) is 0 Å². The lowest BCUT2D eigenvalue weighted by Gasteiger charge is -2.12. The molecule has 1 rings (SSSR count). The summed E-state index contributed by atoms with van der Waals surface area (Å²) in [5, 5.41) is 14.1. The molecule has 0 atom stereocenters. The van der Waals surface area contributed by atoms with Gasteiger partial charge in [-0.2, -0.15) is 0 Å². The van der Waals surface area contributed by atoms with Crippen LogP contribution < -0.4 is 9.88 Å². The van der Waals surface area contributed by atoms with E-state index in [4.69, 9.17) is 0 Å². The maximum absolute atomic E-state index is 12.1. The molecule has 1 aromatic heterocycles. The minimum Gasteiger partial charge on any atom is -0.398 e. The van der Waals surface area contributed by atoms with Gasteiger partial charge in [0, 0.05) is 11.8 Å². The Morgan fingerprint density at radius 2 is 2.00 bits per heavy atom. The Labute approximate surface area is 104 Å². The van der Waals surface area contributed by atoms with Crippen LogP contribution in [-0.2, 0) is 10.0 Å². The fourth-order valence-corrected chi connectivity index (χ4v) is 1.81. The van der Waals surface area contributed by atoms with Crippen LogP contribution in [0.3, 0.4) is 0 Å². The number of hydrogen-bond acceptors (Lipinski definition) is 6. The lowest BCUT2D eigenvalue weighted by atomic mass is 10.2. The largest absolute Gasteiger partial charge is 0.573 e. The molecule has 106 valence electrons. The number of halogens is 3. The van der Waals surface area contributed by atoms with E-state index in [9.17, 15) is 31.7 Å². The zero-order chi connectivity index (χ0) is 15.0. The van der Waals surface area contributed by atoms with E-state index in [2.05, 4.69) is 14.9 Å². The molecule has 19 heavy (non-hydrogen) atoms. The van der Waals surface area contributed by atoms with Gasteiger partial charge in [0.05, 0.1) is 4.92 Å². The smallest absolute Gasteiger partial charge is 0.398 e. The molecule has 1 heterocycles. The molecule has 0 spiro atoms. The number of pyridine rings is 1. The highest BCUT2D eigenvalue weighted by atomic mass is 32.2. The van der Waals surface area contributed by atoms with Crippen LogP contribution in [0.2, 0.25) is 0 Å². The van der Waals surface area contributed by atoms with Crippen LogP contribution >= 0.6 is 0 Å². The van der Waals surface area contributed by atoms with Gasteiger partial charge in [-0.3, -0.25) is 10.1 Å². The number of aryl methyl sites for hydroxylation is 1. The van der Waals surface area contributed by atoms with E-state index in [1.165, 1.54) is 0 Å². The highest BCUT2D eigenvalue weighted by Gasteiger charge is 2.39. The summed E-state index contributed by atoms with van der Waals surface area (Å²) >= 11 is 0. The summed E-state index contributed by atoms with van der Waals surface area (Å²) in [6.45, 7) is 1.04. The second-order valence-electron chi connectivity index (χ2n) is 3.27. The van der Waals surface area contributed by atoms with Gasteiger partial charge in [-0.1, -0.05) is 0 Å². The maximum atomic E-state index is 12.1. The van der Waals surface area contributed by atoms with Gasteiger partial charge in [-0.05, 0) is 6.92 Å². The standard InChI is InChI=1S/C7H6F3N3O5S/c1-3-2-12-6(19(11,16)17)4(13(14)15)5(3)18-7(8,9)10/h2H,1H3,(H2,11,16,17). The van der Waals surface area contributed by atoms with E-state index in [1.54, 1.807) is 0 Å². The van der Waals surface area contributed by atoms with Crippen molar-refractivity contribution in [1.82, 2.24) is 4.98 Å². The van der Waals surface area contributed by atoms with Crippen LogP contribution in [0.4, 0.5) is 18.9 Å². The van der Waals surface area contributed by atoms with Gasteiger partial charge < -0.3 is 4.74 Å². The summed E-state index contributed by atoms with van der Waals surface area (Å²) in [5.41, 5.74) is -1.82. The molecule has 0 aliphatic rings. The van der Waals surface area contributed by atoms with E-state index >= 15 is 0 Å². The Bertz CT molecular complexity index is 628. The minimum absolute atomic E-state index is 0.364. The first-order chi connectivity index (χ1) is 8.43. The first-order valence-corrected chi connectivity index (χ1v) is 5.90. The molecule has 0 radical (unpaired) electrons. The third-order valence-corrected chi connectivity index (χ3v) is 2.66. The zero-order valence-electron chi connectivity index (χ0n) is 9.13. The number of hydrogen-bond donors (Lipinski definition) is 1.